The van der Waals surface area contributed by atoms with Crippen molar-refractivity contribution in [2.45, 2.75) is 25.9 Å². The first-order valence-electron chi connectivity index (χ1n) is 5.52. The second kappa shape index (κ2) is 5.79. The molecule has 0 amide bonds. The van der Waals surface area contributed by atoms with Gasteiger partial charge < -0.3 is 21.4 Å². The van der Waals surface area contributed by atoms with Crippen molar-refractivity contribution < 1.29 is 14.7 Å². The molecule has 0 fully saturated rings. The van der Waals surface area contributed by atoms with Crippen LogP contribution in [-0.2, 0) is 6.54 Å². The van der Waals surface area contributed by atoms with Crippen LogP contribution in [0, 0.1) is 5.82 Å². The molecule has 0 atom stereocenters. The molecule has 5 nitrogen and oxygen atoms in total. The lowest BCUT2D eigenvalue weighted by molar-refractivity contribution is 0.187. The van der Waals surface area contributed by atoms with E-state index in [2.05, 4.69) is 10.5 Å². The van der Waals surface area contributed by atoms with Crippen LogP contribution in [-0.4, -0.2) is 28.3 Å². The van der Waals surface area contributed by atoms with E-state index in [1.165, 1.54) is 12.1 Å². The number of rotatable bonds is 5. The molecule has 0 radical (unpaired) electrons. The molecule has 100 valence electrons. The molecule has 0 bridgehead atoms. The lowest BCUT2D eigenvalue weighted by atomic mass is 10.0. The van der Waals surface area contributed by atoms with E-state index in [1.54, 1.807) is 6.07 Å². The number of oxime groups is 1. The van der Waals surface area contributed by atoms with E-state index < -0.39 is 11.4 Å². The van der Waals surface area contributed by atoms with Crippen LogP contribution in [0.3, 0.4) is 0 Å². The van der Waals surface area contributed by atoms with Crippen LogP contribution in [0.2, 0.25) is 0 Å². The number of nitrogens with zero attached hydrogens (tertiary/aromatic N) is 1. The standard InChI is InChI=1S/C12H18FN3O2/c1-12(2,7-17)15-6-8-3-4-9(13)5-10(8)11(14)16-18/h3-5,15,17-18H,6-7H2,1-2H3,(H2,14,16). The van der Waals surface area contributed by atoms with Gasteiger partial charge in [-0.2, -0.15) is 0 Å². The van der Waals surface area contributed by atoms with Gasteiger partial charge in [-0.25, -0.2) is 4.39 Å². The minimum atomic E-state index is -0.462. The largest absolute Gasteiger partial charge is 0.409 e. The third kappa shape index (κ3) is 3.68. The Kier molecular flexibility index (Phi) is 4.63. The maximum absolute atomic E-state index is 13.1. The number of hydrogen-bond acceptors (Lipinski definition) is 4. The molecule has 1 rings (SSSR count). The fraction of sp³-hybridized carbons (Fsp3) is 0.417. The lowest BCUT2D eigenvalue weighted by Crippen LogP contribution is -2.42. The summed E-state index contributed by atoms with van der Waals surface area (Å²) >= 11 is 0. The zero-order valence-electron chi connectivity index (χ0n) is 10.4. The summed E-state index contributed by atoms with van der Waals surface area (Å²) in [4.78, 5) is 0. The minimum Gasteiger partial charge on any atom is -0.409 e. The fourth-order valence-corrected chi connectivity index (χ4v) is 1.39. The van der Waals surface area contributed by atoms with Gasteiger partial charge in [0.1, 0.15) is 5.82 Å². The molecular weight excluding hydrogens is 237 g/mol. The Hall–Kier alpha value is -1.66. The predicted molar refractivity (Wildman–Crippen MR) is 66.9 cm³/mol. The highest BCUT2D eigenvalue weighted by Gasteiger charge is 2.16. The Morgan fingerprint density at radius 1 is 1.50 bits per heavy atom. The van der Waals surface area contributed by atoms with Gasteiger partial charge in [0.05, 0.1) is 6.61 Å². The first-order chi connectivity index (χ1) is 8.39. The average Bonchev–Trinajstić information content (AvgIpc) is 2.36. The van der Waals surface area contributed by atoms with Gasteiger partial charge in [-0.05, 0) is 31.5 Å². The summed E-state index contributed by atoms with van der Waals surface area (Å²) < 4.78 is 13.1. The van der Waals surface area contributed by atoms with Gasteiger partial charge in [-0.3, -0.25) is 0 Å². The number of amidine groups is 1. The number of aliphatic hydroxyl groups is 1. The Labute approximate surface area is 105 Å². The number of aliphatic hydroxyl groups excluding tert-OH is 1. The summed E-state index contributed by atoms with van der Waals surface area (Å²) in [6, 6.07) is 4.07. The molecule has 0 heterocycles. The predicted octanol–water partition coefficient (Wildman–Crippen LogP) is 0.781. The first-order valence-corrected chi connectivity index (χ1v) is 5.52. The molecule has 0 aromatic heterocycles. The number of nitrogens with one attached hydrogen (secondary N) is 1. The fourth-order valence-electron chi connectivity index (χ4n) is 1.39. The van der Waals surface area contributed by atoms with Gasteiger partial charge in [0.25, 0.3) is 0 Å². The van der Waals surface area contributed by atoms with E-state index in [-0.39, 0.29) is 12.4 Å². The molecule has 0 spiro atoms. The summed E-state index contributed by atoms with van der Waals surface area (Å²) in [6.07, 6.45) is 0. The van der Waals surface area contributed by atoms with Crippen LogP contribution in [0.5, 0.6) is 0 Å². The van der Waals surface area contributed by atoms with Gasteiger partial charge >= 0.3 is 0 Å². The van der Waals surface area contributed by atoms with Crippen molar-refractivity contribution in [1.82, 2.24) is 5.32 Å². The van der Waals surface area contributed by atoms with E-state index in [9.17, 15) is 4.39 Å². The number of nitrogens with two attached hydrogens (primary N) is 1. The highest BCUT2D eigenvalue weighted by molar-refractivity contribution is 5.98. The molecule has 0 saturated heterocycles. The zero-order valence-corrected chi connectivity index (χ0v) is 10.4. The van der Waals surface area contributed by atoms with E-state index in [0.29, 0.717) is 17.7 Å². The molecule has 0 saturated carbocycles. The highest BCUT2D eigenvalue weighted by Crippen LogP contribution is 2.13. The third-order valence-corrected chi connectivity index (χ3v) is 2.61. The molecule has 0 unspecified atom stereocenters. The van der Waals surface area contributed by atoms with E-state index in [1.807, 2.05) is 13.8 Å². The van der Waals surface area contributed by atoms with Crippen molar-refractivity contribution in [3.63, 3.8) is 0 Å². The van der Waals surface area contributed by atoms with Gasteiger partial charge in [-0.1, -0.05) is 11.2 Å². The molecule has 0 aliphatic heterocycles. The third-order valence-electron chi connectivity index (χ3n) is 2.61. The van der Waals surface area contributed by atoms with E-state index in [0.717, 1.165) is 0 Å². The van der Waals surface area contributed by atoms with E-state index in [4.69, 9.17) is 16.0 Å². The van der Waals surface area contributed by atoms with Gasteiger partial charge in [-0.15, -0.1) is 0 Å². The van der Waals surface area contributed by atoms with Crippen molar-refractivity contribution in [3.05, 3.63) is 35.1 Å². The van der Waals surface area contributed by atoms with Crippen LogP contribution < -0.4 is 11.1 Å². The maximum atomic E-state index is 13.1. The van der Waals surface area contributed by atoms with Crippen molar-refractivity contribution in [1.29, 1.82) is 0 Å². The first kappa shape index (κ1) is 14.4. The van der Waals surface area contributed by atoms with Crippen molar-refractivity contribution in [2.24, 2.45) is 10.9 Å². The van der Waals surface area contributed by atoms with Crippen LogP contribution in [0.4, 0.5) is 4.39 Å². The smallest absolute Gasteiger partial charge is 0.170 e. The van der Waals surface area contributed by atoms with E-state index >= 15 is 0 Å². The topological polar surface area (TPSA) is 90.9 Å². The van der Waals surface area contributed by atoms with Gasteiger partial charge in [0.15, 0.2) is 5.84 Å². The zero-order chi connectivity index (χ0) is 13.8. The summed E-state index contributed by atoms with van der Waals surface area (Å²) in [6.45, 7) is 4.01. The summed E-state index contributed by atoms with van der Waals surface area (Å²) in [5, 5.41) is 23.8. The Bertz CT molecular complexity index is 447. The Morgan fingerprint density at radius 3 is 2.72 bits per heavy atom. The van der Waals surface area contributed by atoms with Crippen LogP contribution in [0.15, 0.2) is 23.4 Å². The maximum Gasteiger partial charge on any atom is 0.170 e. The molecule has 6 heteroatoms. The van der Waals surface area contributed by atoms with Crippen LogP contribution in [0.25, 0.3) is 0 Å². The molecule has 0 aliphatic rings. The minimum absolute atomic E-state index is 0.0346. The van der Waals surface area contributed by atoms with Crippen molar-refractivity contribution in [2.75, 3.05) is 6.61 Å². The van der Waals surface area contributed by atoms with Gasteiger partial charge in [0, 0.05) is 17.6 Å². The molecule has 1 aromatic carbocycles. The number of hydrogen-bond donors (Lipinski definition) is 4. The highest BCUT2D eigenvalue weighted by atomic mass is 19.1. The Balaban J connectivity index is 2.95. The quantitative estimate of drug-likeness (QED) is 0.271. The number of halogens is 1. The van der Waals surface area contributed by atoms with Crippen LogP contribution >= 0.6 is 0 Å². The molecule has 0 aliphatic carbocycles. The lowest BCUT2D eigenvalue weighted by Gasteiger charge is -2.24. The summed E-state index contributed by atoms with van der Waals surface area (Å²) in [5.74, 6) is -0.602. The average molecular weight is 255 g/mol. The van der Waals surface area contributed by atoms with Crippen molar-refractivity contribution >= 4 is 5.84 Å². The molecular formula is C12H18FN3O2. The van der Waals surface area contributed by atoms with Crippen molar-refractivity contribution in [3.8, 4) is 0 Å². The Morgan fingerprint density at radius 2 is 2.17 bits per heavy atom. The SMILES string of the molecule is CC(C)(CO)NCc1ccc(F)cc1/C(N)=N/O. The summed E-state index contributed by atoms with van der Waals surface area (Å²) in [5.41, 5.74) is 6.05. The second-order valence-corrected chi connectivity index (χ2v) is 4.68. The van der Waals surface area contributed by atoms with Crippen LogP contribution in [0.1, 0.15) is 25.0 Å². The monoisotopic (exact) mass is 255 g/mol. The van der Waals surface area contributed by atoms with Gasteiger partial charge in [0.2, 0.25) is 0 Å². The summed E-state index contributed by atoms with van der Waals surface area (Å²) in [7, 11) is 0. The second-order valence-electron chi connectivity index (χ2n) is 4.68. The number of benzene rings is 1. The molecule has 5 N–H and O–H groups in total. The molecule has 18 heavy (non-hydrogen) atoms. The normalized spacial score (nSPS) is 12.8. The molecule has 1 aromatic rings.